The Morgan fingerprint density at radius 3 is 2.47 bits per heavy atom. The zero-order valence-electron chi connectivity index (χ0n) is 9.23. The molecule has 98 valence electrons. The predicted molar refractivity (Wildman–Crippen MR) is 51.2 cm³/mol. The molecule has 2 fully saturated rings. The maximum atomic E-state index is 13.0. The van der Waals surface area contributed by atoms with Crippen molar-refractivity contribution in [3.8, 4) is 0 Å². The van der Waals surface area contributed by atoms with Gasteiger partial charge in [-0.25, -0.2) is 8.78 Å². The lowest BCUT2D eigenvalue weighted by Gasteiger charge is -2.47. The Labute approximate surface area is 96.3 Å². The molecule has 2 nitrogen and oxygen atoms in total. The number of hydrogen-bond acceptors (Lipinski definition) is 2. The van der Waals surface area contributed by atoms with E-state index in [9.17, 15) is 22.4 Å². The fourth-order valence-electron chi connectivity index (χ4n) is 2.55. The van der Waals surface area contributed by atoms with Crippen molar-refractivity contribution in [1.29, 1.82) is 0 Å². The van der Waals surface area contributed by atoms with Gasteiger partial charge in [0.15, 0.2) is 0 Å². The second-order valence-electron chi connectivity index (χ2n) is 4.86. The van der Waals surface area contributed by atoms with Gasteiger partial charge in [-0.05, 0) is 32.1 Å². The molecule has 0 amide bonds. The summed E-state index contributed by atoms with van der Waals surface area (Å²) in [5, 5.41) is 0. The molecule has 6 heteroatoms. The van der Waals surface area contributed by atoms with E-state index in [1.807, 2.05) is 0 Å². The Bertz CT molecular complexity index is 313. The van der Waals surface area contributed by atoms with Gasteiger partial charge in [0.05, 0.1) is 5.60 Å². The van der Waals surface area contributed by atoms with Gasteiger partial charge in [-0.2, -0.15) is 8.78 Å². The Hall–Kier alpha value is -0.650. The van der Waals surface area contributed by atoms with E-state index >= 15 is 0 Å². The maximum absolute atomic E-state index is 13.0. The number of hydrogen-bond donors (Lipinski definition) is 0. The van der Waals surface area contributed by atoms with Crippen LogP contribution in [-0.2, 0) is 9.53 Å². The van der Waals surface area contributed by atoms with E-state index in [-0.39, 0.29) is 19.4 Å². The lowest BCUT2D eigenvalue weighted by atomic mass is 9.70. The number of rotatable bonds is 3. The molecule has 2 rings (SSSR count). The molecule has 2 aliphatic rings. The van der Waals surface area contributed by atoms with Crippen LogP contribution < -0.4 is 0 Å². The average Bonchev–Trinajstić information content (AvgIpc) is 2.26. The average molecular weight is 254 g/mol. The van der Waals surface area contributed by atoms with Crippen molar-refractivity contribution in [2.24, 2.45) is 5.92 Å². The topological polar surface area (TPSA) is 26.3 Å². The van der Waals surface area contributed by atoms with Crippen molar-refractivity contribution in [2.45, 2.75) is 50.1 Å². The Balaban J connectivity index is 2.04. The minimum Gasteiger partial charge on any atom is -0.375 e. The Kier molecular flexibility index (Phi) is 3.18. The van der Waals surface area contributed by atoms with Gasteiger partial charge in [-0.3, -0.25) is 4.79 Å². The molecule has 1 aliphatic heterocycles. The zero-order chi connectivity index (χ0) is 12.7. The van der Waals surface area contributed by atoms with E-state index in [0.29, 0.717) is 0 Å². The van der Waals surface area contributed by atoms with E-state index in [2.05, 4.69) is 0 Å². The molecule has 0 bridgehead atoms. The van der Waals surface area contributed by atoms with Crippen LogP contribution in [0.5, 0.6) is 0 Å². The van der Waals surface area contributed by atoms with Crippen molar-refractivity contribution in [1.82, 2.24) is 0 Å². The number of Topliss-reactive ketones (excluding diaryl/α,β-unsaturated/α-hetero) is 1. The van der Waals surface area contributed by atoms with Gasteiger partial charge in [0, 0.05) is 12.5 Å². The predicted octanol–water partition coefficient (Wildman–Crippen LogP) is 2.81. The maximum Gasteiger partial charge on any atom is 0.364 e. The van der Waals surface area contributed by atoms with Gasteiger partial charge >= 0.3 is 12.3 Å². The second kappa shape index (κ2) is 4.23. The lowest BCUT2D eigenvalue weighted by Crippen LogP contribution is -2.50. The van der Waals surface area contributed by atoms with Gasteiger partial charge in [-0.15, -0.1) is 0 Å². The van der Waals surface area contributed by atoms with Crippen LogP contribution in [0.1, 0.15) is 32.1 Å². The highest BCUT2D eigenvalue weighted by atomic mass is 19.3. The standard InChI is InChI=1S/C11H14F4O2/c12-9(13)11(14,15)8(16)7-2-5-17-10(6-7)3-1-4-10/h7,9H,1-6H2. The molecule has 1 spiro atoms. The van der Waals surface area contributed by atoms with Gasteiger partial charge in [0.1, 0.15) is 0 Å². The molecule has 1 aliphatic carbocycles. The monoisotopic (exact) mass is 254 g/mol. The molecule has 17 heavy (non-hydrogen) atoms. The summed E-state index contributed by atoms with van der Waals surface area (Å²) in [5.41, 5.74) is -0.489. The molecule has 1 atom stereocenters. The van der Waals surface area contributed by atoms with Crippen molar-refractivity contribution in [2.75, 3.05) is 6.61 Å². The first-order chi connectivity index (χ1) is 7.87. The molecular formula is C11H14F4O2. The minimum atomic E-state index is -4.52. The highest BCUT2D eigenvalue weighted by Gasteiger charge is 2.54. The number of ether oxygens (including phenoxy) is 1. The van der Waals surface area contributed by atoms with Crippen molar-refractivity contribution in [3.63, 3.8) is 0 Å². The molecule has 0 aromatic carbocycles. The molecule has 0 aromatic rings. The summed E-state index contributed by atoms with van der Waals surface area (Å²) in [6, 6.07) is 0. The number of alkyl halides is 4. The number of halogens is 4. The molecule has 1 unspecified atom stereocenters. The van der Waals surface area contributed by atoms with Crippen LogP contribution in [0.3, 0.4) is 0 Å². The molecule has 1 heterocycles. The van der Waals surface area contributed by atoms with Crippen LogP contribution in [0.25, 0.3) is 0 Å². The Morgan fingerprint density at radius 1 is 1.35 bits per heavy atom. The van der Waals surface area contributed by atoms with E-state index in [4.69, 9.17) is 4.74 Å². The number of carbonyl (C=O) groups is 1. The normalized spacial score (nSPS) is 28.2. The molecule has 1 saturated heterocycles. The first kappa shape index (κ1) is 12.8. The van der Waals surface area contributed by atoms with Crippen LogP contribution >= 0.6 is 0 Å². The van der Waals surface area contributed by atoms with Crippen LogP contribution in [0.2, 0.25) is 0 Å². The smallest absolute Gasteiger partial charge is 0.364 e. The van der Waals surface area contributed by atoms with Gasteiger partial charge in [0.2, 0.25) is 5.78 Å². The SMILES string of the molecule is O=C(C1CCOC2(CCC2)C1)C(F)(F)C(F)F. The van der Waals surface area contributed by atoms with Gasteiger partial charge < -0.3 is 4.74 Å². The quantitative estimate of drug-likeness (QED) is 0.724. The van der Waals surface area contributed by atoms with E-state index < -0.39 is 29.7 Å². The summed E-state index contributed by atoms with van der Waals surface area (Å²) in [4.78, 5) is 11.4. The first-order valence-electron chi connectivity index (χ1n) is 5.72. The van der Waals surface area contributed by atoms with Crippen LogP contribution in [-0.4, -0.2) is 30.3 Å². The van der Waals surface area contributed by atoms with E-state index in [1.54, 1.807) is 0 Å². The third kappa shape index (κ3) is 2.19. The molecule has 0 radical (unpaired) electrons. The van der Waals surface area contributed by atoms with E-state index in [0.717, 1.165) is 19.3 Å². The summed E-state index contributed by atoms with van der Waals surface area (Å²) in [5.74, 6) is -7.14. The first-order valence-corrected chi connectivity index (χ1v) is 5.72. The van der Waals surface area contributed by atoms with Crippen molar-refractivity contribution in [3.05, 3.63) is 0 Å². The highest BCUT2D eigenvalue weighted by molar-refractivity contribution is 5.88. The molecule has 1 saturated carbocycles. The third-order valence-electron chi connectivity index (χ3n) is 3.73. The van der Waals surface area contributed by atoms with E-state index in [1.165, 1.54) is 0 Å². The minimum absolute atomic E-state index is 0.114. The van der Waals surface area contributed by atoms with Crippen molar-refractivity contribution < 1.29 is 27.1 Å². The number of ketones is 1. The van der Waals surface area contributed by atoms with Gasteiger partial charge in [0.25, 0.3) is 0 Å². The fourth-order valence-corrected chi connectivity index (χ4v) is 2.55. The van der Waals surface area contributed by atoms with Crippen molar-refractivity contribution >= 4 is 5.78 Å². The summed E-state index contributed by atoms with van der Waals surface area (Å²) in [7, 11) is 0. The molecule has 0 aromatic heterocycles. The van der Waals surface area contributed by atoms with Crippen LogP contribution in [0.15, 0.2) is 0 Å². The van der Waals surface area contributed by atoms with Crippen LogP contribution in [0.4, 0.5) is 17.6 Å². The molecular weight excluding hydrogens is 240 g/mol. The molecule has 0 N–H and O–H groups in total. The summed E-state index contributed by atoms with van der Waals surface area (Å²) < 4.78 is 55.6. The summed E-state index contributed by atoms with van der Waals surface area (Å²) in [6.45, 7) is 0.204. The van der Waals surface area contributed by atoms with Gasteiger partial charge in [-0.1, -0.05) is 0 Å². The third-order valence-corrected chi connectivity index (χ3v) is 3.73. The fraction of sp³-hybridized carbons (Fsp3) is 0.909. The van der Waals surface area contributed by atoms with Crippen LogP contribution in [0, 0.1) is 5.92 Å². The second-order valence-corrected chi connectivity index (χ2v) is 4.86. The lowest BCUT2D eigenvalue weighted by molar-refractivity contribution is -0.186. The summed E-state index contributed by atoms with van der Waals surface area (Å²) >= 11 is 0. The zero-order valence-corrected chi connectivity index (χ0v) is 9.23. The summed E-state index contributed by atoms with van der Waals surface area (Å²) in [6.07, 6.45) is -1.24. The highest BCUT2D eigenvalue weighted by Crippen LogP contribution is 2.45. The Morgan fingerprint density at radius 2 is 2.00 bits per heavy atom. The largest absolute Gasteiger partial charge is 0.375 e. The number of carbonyl (C=O) groups excluding carboxylic acids is 1.